The SMILES string of the molecule is O=C(OCc1ccccc1)n1ccc2cccc(F)c21. The van der Waals surface area contributed by atoms with Gasteiger partial charge in [0.2, 0.25) is 0 Å². The van der Waals surface area contributed by atoms with Gasteiger partial charge in [-0.1, -0.05) is 42.5 Å². The van der Waals surface area contributed by atoms with Gasteiger partial charge >= 0.3 is 6.09 Å². The fourth-order valence-corrected chi connectivity index (χ4v) is 2.09. The zero-order valence-electron chi connectivity index (χ0n) is 10.6. The van der Waals surface area contributed by atoms with Gasteiger partial charge in [-0.25, -0.2) is 13.8 Å². The van der Waals surface area contributed by atoms with Crippen molar-refractivity contribution in [1.29, 1.82) is 0 Å². The minimum atomic E-state index is -0.589. The molecule has 0 N–H and O–H groups in total. The molecule has 0 amide bonds. The van der Waals surface area contributed by atoms with Crippen molar-refractivity contribution in [2.24, 2.45) is 0 Å². The van der Waals surface area contributed by atoms with E-state index in [-0.39, 0.29) is 12.1 Å². The Kier molecular flexibility index (Phi) is 3.21. The van der Waals surface area contributed by atoms with Gasteiger partial charge < -0.3 is 4.74 Å². The Morgan fingerprint density at radius 2 is 1.85 bits per heavy atom. The maximum absolute atomic E-state index is 13.8. The fraction of sp³-hybridized carbons (Fsp3) is 0.0625. The number of ether oxygens (including phenoxy) is 1. The minimum absolute atomic E-state index is 0.161. The molecule has 100 valence electrons. The van der Waals surface area contributed by atoms with Crippen LogP contribution in [0, 0.1) is 5.82 Å². The molecule has 4 heteroatoms. The molecular weight excluding hydrogens is 257 g/mol. The van der Waals surface area contributed by atoms with Crippen LogP contribution in [0.1, 0.15) is 5.56 Å². The monoisotopic (exact) mass is 269 g/mol. The van der Waals surface area contributed by atoms with E-state index in [0.29, 0.717) is 5.39 Å². The van der Waals surface area contributed by atoms with Crippen molar-refractivity contribution in [2.45, 2.75) is 6.61 Å². The molecule has 0 aliphatic rings. The number of fused-ring (bicyclic) bond motifs is 1. The number of carbonyl (C=O) groups is 1. The second-order valence-corrected chi connectivity index (χ2v) is 4.40. The Bertz CT molecular complexity index is 750. The Morgan fingerprint density at radius 1 is 1.05 bits per heavy atom. The van der Waals surface area contributed by atoms with Gasteiger partial charge in [-0.15, -0.1) is 0 Å². The van der Waals surface area contributed by atoms with Gasteiger partial charge in [0, 0.05) is 11.6 Å². The topological polar surface area (TPSA) is 31.2 Å². The van der Waals surface area contributed by atoms with Crippen molar-refractivity contribution >= 4 is 17.0 Å². The maximum atomic E-state index is 13.8. The lowest BCUT2D eigenvalue weighted by Crippen LogP contribution is -2.13. The Labute approximate surface area is 115 Å². The molecule has 1 aromatic heterocycles. The molecule has 0 radical (unpaired) electrons. The van der Waals surface area contributed by atoms with Crippen LogP contribution in [0.5, 0.6) is 0 Å². The quantitative estimate of drug-likeness (QED) is 0.705. The summed E-state index contributed by atoms with van der Waals surface area (Å²) in [5.74, 6) is -0.441. The number of rotatable bonds is 2. The molecule has 0 atom stereocenters. The van der Waals surface area contributed by atoms with Crippen molar-refractivity contribution in [3.8, 4) is 0 Å². The highest BCUT2D eigenvalue weighted by molar-refractivity contribution is 5.89. The Balaban J connectivity index is 1.83. The zero-order chi connectivity index (χ0) is 13.9. The third-order valence-electron chi connectivity index (χ3n) is 3.06. The Morgan fingerprint density at radius 3 is 2.65 bits per heavy atom. The molecule has 0 spiro atoms. The molecule has 0 unspecified atom stereocenters. The number of nitrogens with zero attached hydrogens (tertiary/aromatic N) is 1. The highest BCUT2D eigenvalue weighted by atomic mass is 19.1. The van der Waals surface area contributed by atoms with Crippen LogP contribution >= 0.6 is 0 Å². The average molecular weight is 269 g/mol. The second-order valence-electron chi connectivity index (χ2n) is 4.40. The zero-order valence-corrected chi connectivity index (χ0v) is 10.6. The first-order valence-electron chi connectivity index (χ1n) is 6.22. The van der Waals surface area contributed by atoms with E-state index in [1.165, 1.54) is 16.8 Å². The number of carbonyl (C=O) groups excluding carboxylic acids is 1. The molecule has 3 nitrogen and oxygen atoms in total. The van der Waals surface area contributed by atoms with Gasteiger partial charge in [-0.05, 0) is 17.7 Å². The molecule has 0 saturated heterocycles. The van der Waals surface area contributed by atoms with Gasteiger partial charge in [0.25, 0.3) is 0 Å². The molecule has 2 aromatic carbocycles. The van der Waals surface area contributed by atoms with Crippen molar-refractivity contribution in [1.82, 2.24) is 4.57 Å². The van der Waals surface area contributed by atoms with E-state index in [2.05, 4.69) is 0 Å². The fourth-order valence-electron chi connectivity index (χ4n) is 2.09. The third-order valence-corrected chi connectivity index (χ3v) is 3.06. The summed E-state index contributed by atoms with van der Waals surface area (Å²) in [5.41, 5.74) is 1.13. The van der Waals surface area contributed by atoms with E-state index in [9.17, 15) is 9.18 Å². The minimum Gasteiger partial charge on any atom is -0.444 e. The van der Waals surface area contributed by atoms with Gasteiger partial charge in [0.05, 0.1) is 5.52 Å². The smallest absolute Gasteiger partial charge is 0.418 e. The van der Waals surface area contributed by atoms with Gasteiger partial charge in [-0.2, -0.15) is 0 Å². The van der Waals surface area contributed by atoms with Crippen LogP contribution < -0.4 is 0 Å². The summed E-state index contributed by atoms with van der Waals surface area (Å²) in [4.78, 5) is 12.0. The number of hydrogen-bond donors (Lipinski definition) is 0. The first-order chi connectivity index (χ1) is 9.75. The maximum Gasteiger partial charge on any atom is 0.418 e. The van der Waals surface area contributed by atoms with E-state index in [1.54, 1.807) is 18.2 Å². The lowest BCUT2D eigenvalue weighted by molar-refractivity contribution is 0.142. The number of halogens is 1. The molecule has 0 saturated carbocycles. The molecular formula is C16H12FNO2. The van der Waals surface area contributed by atoms with Crippen LogP contribution in [0.3, 0.4) is 0 Å². The van der Waals surface area contributed by atoms with E-state index >= 15 is 0 Å². The summed E-state index contributed by atoms with van der Waals surface area (Å²) in [6, 6.07) is 15.7. The predicted molar refractivity (Wildman–Crippen MR) is 73.9 cm³/mol. The van der Waals surface area contributed by atoms with Crippen molar-refractivity contribution < 1.29 is 13.9 Å². The molecule has 0 bridgehead atoms. The van der Waals surface area contributed by atoms with Crippen LogP contribution in [0.2, 0.25) is 0 Å². The number of para-hydroxylation sites is 1. The van der Waals surface area contributed by atoms with Gasteiger partial charge in [0.1, 0.15) is 12.4 Å². The van der Waals surface area contributed by atoms with Crippen LogP contribution in [0.4, 0.5) is 9.18 Å². The first-order valence-corrected chi connectivity index (χ1v) is 6.22. The highest BCUT2D eigenvalue weighted by Crippen LogP contribution is 2.19. The predicted octanol–water partition coefficient (Wildman–Crippen LogP) is 3.97. The molecule has 0 aliphatic carbocycles. The molecule has 1 heterocycles. The largest absolute Gasteiger partial charge is 0.444 e. The van der Waals surface area contributed by atoms with Crippen molar-refractivity contribution in [3.05, 3.63) is 72.2 Å². The van der Waals surface area contributed by atoms with Crippen LogP contribution in [0.15, 0.2) is 60.8 Å². The summed E-state index contributed by atoms with van der Waals surface area (Å²) in [7, 11) is 0. The molecule has 0 aliphatic heterocycles. The van der Waals surface area contributed by atoms with E-state index in [4.69, 9.17) is 4.74 Å². The number of benzene rings is 2. The highest BCUT2D eigenvalue weighted by Gasteiger charge is 2.13. The Hall–Kier alpha value is -2.62. The molecule has 0 fully saturated rings. The van der Waals surface area contributed by atoms with Crippen LogP contribution in [-0.2, 0) is 11.3 Å². The summed E-state index contributed by atoms with van der Waals surface area (Å²) in [6.45, 7) is 0.161. The third kappa shape index (κ3) is 2.28. The molecule has 3 aromatic rings. The molecule has 3 rings (SSSR count). The summed E-state index contributed by atoms with van der Waals surface area (Å²) >= 11 is 0. The van der Waals surface area contributed by atoms with Crippen molar-refractivity contribution in [2.75, 3.05) is 0 Å². The lowest BCUT2D eigenvalue weighted by Gasteiger charge is -2.07. The van der Waals surface area contributed by atoms with Gasteiger partial charge in [-0.3, -0.25) is 0 Å². The lowest BCUT2D eigenvalue weighted by atomic mass is 10.2. The summed E-state index contributed by atoms with van der Waals surface area (Å²) in [5, 5.41) is 0.668. The number of hydrogen-bond acceptors (Lipinski definition) is 2. The normalized spacial score (nSPS) is 10.7. The first kappa shape index (κ1) is 12.4. The van der Waals surface area contributed by atoms with E-state index in [1.807, 2.05) is 30.3 Å². The van der Waals surface area contributed by atoms with Gasteiger partial charge in [0.15, 0.2) is 0 Å². The summed E-state index contributed by atoms with van der Waals surface area (Å²) < 4.78 is 20.2. The second kappa shape index (κ2) is 5.17. The average Bonchev–Trinajstić information content (AvgIpc) is 2.91. The number of aromatic nitrogens is 1. The van der Waals surface area contributed by atoms with Crippen molar-refractivity contribution in [3.63, 3.8) is 0 Å². The van der Waals surface area contributed by atoms with Crippen LogP contribution in [-0.4, -0.2) is 10.7 Å². The standard InChI is InChI=1S/C16H12FNO2/c17-14-8-4-7-13-9-10-18(15(13)14)16(19)20-11-12-5-2-1-3-6-12/h1-10H,11H2. The van der Waals surface area contributed by atoms with Crippen LogP contribution in [0.25, 0.3) is 10.9 Å². The summed E-state index contributed by atoms with van der Waals surface area (Å²) in [6.07, 6.45) is 0.926. The van der Waals surface area contributed by atoms with E-state index in [0.717, 1.165) is 5.56 Å². The van der Waals surface area contributed by atoms with E-state index < -0.39 is 11.9 Å². The molecule has 20 heavy (non-hydrogen) atoms.